The molecule has 0 aromatic heterocycles. The largest absolute Gasteiger partial charge is 0.507 e. The Morgan fingerprint density at radius 3 is 1.46 bits per heavy atom. The first-order valence-electron chi connectivity index (χ1n) is 7.84. The van der Waals surface area contributed by atoms with Gasteiger partial charge in [-0.05, 0) is 62.8 Å². The second kappa shape index (κ2) is 7.31. The smallest absolute Gasteiger partial charge is 0.126 e. The van der Waals surface area contributed by atoms with Gasteiger partial charge in [-0.3, -0.25) is 0 Å². The number of methoxy groups -OCH3 is 2. The lowest BCUT2D eigenvalue weighted by atomic mass is 10.2. The lowest BCUT2D eigenvalue weighted by Crippen LogP contribution is -2.20. The van der Waals surface area contributed by atoms with Gasteiger partial charge in [0.15, 0.2) is 0 Å². The van der Waals surface area contributed by atoms with Crippen LogP contribution >= 0.6 is 7.92 Å². The van der Waals surface area contributed by atoms with Gasteiger partial charge < -0.3 is 19.7 Å². The van der Waals surface area contributed by atoms with Crippen LogP contribution < -0.4 is 20.1 Å². The maximum absolute atomic E-state index is 10.6. The summed E-state index contributed by atoms with van der Waals surface area (Å²) in [5.74, 6) is 1.92. The molecule has 2 rings (SSSR count). The molecule has 0 bridgehead atoms. The zero-order chi connectivity index (χ0) is 18.0. The number of benzene rings is 2. The Hall–Kier alpha value is -1.93. The van der Waals surface area contributed by atoms with Crippen molar-refractivity contribution in [1.29, 1.82) is 0 Å². The Bertz CT molecular complexity index is 681. The van der Waals surface area contributed by atoms with Crippen LogP contribution in [0.5, 0.6) is 23.0 Å². The van der Waals surface area contributed by atoms with Crippen LogP contribution in [0.2, 0.25) is 0 Å². The van der Waals surface area contributed by atoms with E-state index < -0.39 is 7.92 Å². The van der Waals surface area contributed by atoms with Crippen LogP contribution in [0.15, 0.2) is 24.3 Å². The summed E-state index contributed by atoms with van der Waals surface area (Å²) in [5.41, 5.74) is 1.74. The molecule has 0 amide bonds. The number of aromatic hydroxyl groups is 2. The zero-order valence-corrected chi connectivity index (χ0v) is 15.9. The van der Waals surface area contributed by atoms with E-state index in [0.29, 0.717) is 11.5 Å². The number of rotatable bonds is 5. The van der Waals surface area contributed by atoms with Crippen LogP contribution in [0.25, 0.3) is 0 Å². The first kappa shape index (κ1) is 18.4. The van der Waals surface area contributed by atoms with Crippen LogP contribution in [0.4, 0.5) is 0 Å². The van der Waals surface area contributed by atoms with Crippen LogP contribution in [-0.4, -0.2) is 30.1 Å². The van der Waals surface area contributed by atoms with Crippen molar-refractivity contribution in [2.24, 2.45) is 0 Å². The normalized spacial score (nSPS) is 11.2. The fraction of sp³-hybridized carbons (Fsp3) is 0.368. The molecule has 0 spiro atoms. The van der Waals surface area contributed by atoms with Gasteiger partial charge >= 0.3 is 0 Å². The van der Waals surface area contributed by atoms with Crippen LogP contribution in [0, 0.1) is 13.8 Å². The Balaban J connectivity index is 2.73. The molecule has 2 aromatic carbocycles. The highest BCUT2D eigenvalue weighted by Crippen LogP contribution is 2.47. The predicted molar refractivity (Wildman–Crippen MR) is 100 cm³/mol. The number of hydrogen-bond acceptors (Lipinski definition) is 4. The molecule has 0 unspecified atom stereocenters. The summed E-state index contributed by atoms with van der Waals surface area (Å²) < 4.78 is 10.7. The van der Waals surface area contributed by atoms with E-state index in [9.17, 15) is 10.2 Å². The number of aryl methyl sites for hydroxylation is 2. The molecule has 0 aliphatic rings. The number of phenols is 2. The number of phenolic OH excluding ortho intramolecular Hbond substituents is 2. The highest BCUT2D eigenvalue weighted by Gasteiger charge is 2.26. The monoisotopic (exact) mass is 348 g/mol. The maximum Gasteiger partial charge on any atom is 0.126 e. The van der Waals surface area contributed by atoms with Crippen molar-refractivity contribution in [3.8, 4) is 23.0 Å². The second-order valence-corrected chi connectivity index (χ2v) is 8.82. The molecule has 2 N–H and O–H groups in total. The van der Waals surface area contributed by atoms with E-state index in [1.54, 1.807) is 14.2 Å². The third-order valence-electron chi connectivity index (χ3n) is 4.01. The van der Waals surface area contributed by atoms with E-state index in [4.69, 9.17) is 9.47 Å². The van der Waals surface area contributed by atoms with Gasteiger partial charge in [0.1, 0.15) is 23.0 Å². The number of ether oxygens (including phenoxy) is 2. The molecule has 5 heteroatoms. The van der Waals surface area contributed by atoms with E-state index in [2.05, 4.69) is 13.8 Å². The van der Waals surface area contributed by atoms with E-state index in [0.717, 1.165) is 21.7 Å². The van der Waals surface area contributed by atoms with Crippen molar-refractivity contribution in [2.45, 2.75) is 33.4 Å². The van der Waals surface area contributed by atoms with Crippen molar-refractivity contribution in [3.63, 3.8) is 0 Å². The Morgan fingerprint density at radius 2 is 1.17 bits per heavy atom. The highest BCUT2D eigenvalue weighted by atomic mass is 31.1. The van der Waals surface area contributed by atoms with Gasteiger partial charge in [-0.25, -0.2) is 0 Å². The third kappa shape index (κ3) is 3.44. The van der Waals surface area contributed by atoms with Crippen molar-refractivity contribution in [3.05, 3.63) is 35.4 Å². The fourth-order valence-electron chi connectivity index (χ4n) is 2.75. The molecule has 4 nitrogen and oxygen atoms in total. The summed E-state index contributed by atoms with van der Waals surface area (Å²) in [6.07, 6.45) is 0. The zero-order valence-electron chi connectivity index (χ0n) is 15.0. The topological polar surface area (TPSA) is 58.9 Å². The van der Waals surface area contributed by atoms with Crippen LogP contribution in [0.1, 0.15) is 25.0 Å². The maximum atomic E-state index is 10.6. The molecule has 0 saturated carbocycles. The average molecular weight is 348 g/mol. The average Bonchev–Trinajstić information content (AvgIpc) is 2.54. The fourth-order valence-corrected chi connectivity index (χ4v) is 5.46. The van der Waals surface area contributed by atoms with E-state index in [1.807, 2.05) is 38.1 Å². The van der Waals surface area contributed by atoms with Crippen molar-refractivity contribution in [1.82, 2.24) is 0 Å². The van der Waals surface area contributed by atoms with Gasteiger partial charge in [0.05, 0.1) is 14.2 Å². The number of hydrogen-bond donors (Lipinski definition) is 2. The van der Waals surface area contributed by atoms with Crippen molar-refractivity contribution >= 4 is 18.5 Å². The van der Waals surface area contributed by atoms with Crippen LogP contribution in [-0.2, 0) is 0 Å². The Morgan fingerprint density at radius 1 is 0.792 bits per heavy atom. The minimum atomic E-state index is -0.988. The summed E-state index contributed by atoms with van der Waals surface area (Å²) in [5, 5.41) is 22.9. The summed E-state index contributed by atoms with van der Waals surface area (Å²) in [7, 11) is 2.24. The molecule has 24 heavy (non-hydrogen) atoms. The quantitative estimate of drug-likeness (QED) is 0.811. The molecule has 0 atom stereocenters. The van der Waals surface area contributed by atoms with Crippen LogP contribution in [0.3, 0.4) is 0 Å². The van der Waals surface area contributed by atoms with Gasteiger partial charge in [0, 0.05) is 10.6 Å². The summed E-state index contributed by atoms with van der Waals surface area (Å²) >= 11 is 0. The Labute approximate surface area is 144 Å². The molecule has 0 heterocycles. The first-order valence-corrected chi connectivity index (χ1v) is 9.25. The summed E-state index contributed by atoms with van der Waals surface area (Å²) in [6.45, 7) is 7.89. The molecule has 0 aliphatic heterocycles. The van der Waals surface area contributed by atoms with E-state index in [-0.39, 0.29) is 17.2 Å². The van der Waals surface area contributed by atoms with Gasteiger partial charge in [-0.15, -0.1) is 0 Å². The van der Waals surface area contributed by atoms with Gasteiger partial charge in [-0.2, -0.15) is 0 Å². The van der Waals surface area contributed by atoms with Crippen molar-refractivity contribution < 1.29 is 19.7 Å². The Kier molecular flexibility index (Phi) is 5.61. The predicted octanol–water partition coefficient (Wildman–Crippen LogP) is 3.57. The summed E-state index contributed by atoms with van der Waals surface area (Å²) in [6, 6.07) is 7.34. The molecule has 2 aromatic rings. The van der Waals surface area contributed by atoms with Crippen molar-refractivity contribution in [2.75, 3.05) is 14.2 Å². The molecule has 0 saturated heterocycles. The SMILES string of the molecule is COc1cc(C)c(O)c(P(c2cc(OC)cc(C)c2O)C(C)C)c1. The molecule has 130 valence electrons. The molecule has 0 aliphatic carbocycles. The standard InChI is InChI=1S/C19H25O4P/c1-11(2)24(16-9-14(22-5)7-12(3)18(16)20)17-10-15(23-6)8-13(4)19(17)21/h7-11,20-21H,1-6H3. The van der Waals surface area contributed by atoms with Gasteiger partial charge in [-0.1, -0.05) is 13.8 Å². The third-order valence-corrected chi connectivity index (χ3v) is 6.77. The minimum Gasteiger partial charge on any atom is -0.507 e. The highest BCUT2D eigenvalue weighted by molar-refractivity contribution is 7.74. The second-order valence-electron chi connectivity index (χ2n) is 6.09. The lowest BCUT2D eigenvalue weighted by molar-refractivity contribution is 0.412. The summed E-state index contributed by atoms with van der Waals surface area (Å²) in [4.78, 5) is 0. The molecule has 0 fully saturated rings. The molecular weight excluding hydrogens is 323 g/mol. The molecular formula is C19H25O4P. The van der Waals surface area contributed by atoms with Gasteiger partial charge in [0.25, 0.3) is 0 Å². The first-order chi connectivity index (χ1) is 11.3. The van der Waals surface area contributed by atoms with Gasteiger partial charge in [0.2, 0.25) is 0 Å². The minimum absolute atomic E-state index is 0.217. The lowest BCUT2D eigenvalue weighted by Gasteiger charge is -2.26. The van der Waals surface area contributed by atoms with E-state index >= 15 is 0 Å². The molecule has 0 radical (unpaired) electrons. The van der Waals surface area contributed by atoms with E-state index in [1.165, 1.54) is 0 Å².